The maximum atomic E-state index is 12.5. The number of nitrogens with zero attached hydrogens (tertiary/aromatic N) is 3. The van der Waals surface area contributed by atoms with Gasteiger partial charge in [0, 0.05) is 39.8 Å². The number of amides is 1. The third-order valence-electron chi connectivity index (χ3n) is 4.55. The van der Waals surface area contributed by atoms with Crippen LogP contribution in [0.3, 0.4) is 0 Å². The molecule has 1 amide bonds. The molecule has 3 rings (SSSR count). The Morgan fingerprint density at radius 1 is 1.25 bits per heavy atom. The number of carbonyl (C=O) groups is 1. The zero-order valence-electron chi connectivity index (χ0n) is 14.3. The predicted molar refractivity (Wildman–Crippen MR) is 94.6 cm³/mol. The molecule has 0 bridgehead atoms. The molecule has 2 heterocycles. The molecular weight excluding hydrogens is 304 g/mol. The van der Waals surface area contributed by atoms with Crippen LogP contribution < -0.4 is 16.0 Å². The summed E-state index contributed by atoms with van der Waals surface area (Å²) in [4.78, 5) is 21.7. The van der Waals surface area contributed by atoms with E-state index in [4.69, 9.17) is 4.99 Å². The van der Waals surface area contributed by atoms with E-state index in [1.165, 1.54) is 5.56 Å². The van der Waals surface area contributed by atoms with E-state index in [-0.39, 0.29) is 18.1 Å². The summed E-state index contributed by atoms with van der Waals surface area (Å²) >= 11 is 0. The van der Waals surface area contributed by atoms with Crippen LogP contribution in [0.25, 0.3) is 0 Å². The summed E-state index contributed by atoms with van der Waals surface area (Å²) in [6.07, 6.45) is -0.237. The van der Waals surface area contributed by atoms with Gasteiger partial charge >= 0.3 is 0 Å². The van der Waals surface area contributed by atoms with Crippen molar-refractivity contribution in [1.29, 1.82) is 0 Å². The highest BCUT2D eigenvalue weighted by molar-refractivity contribution is 5.92. The number of carbonyl (C=O) groups excluding carboxylic acids is 1. The van der Waals surface area contributed by atoms with Crippen LogP contribution in [0.4, 0.5) is 0 Å². The van der Waals surface area contributed by atoms with Gasteiger partial charge in [0.15, 0.2) is 5.96 Å². The molecule has 130 valence electrons. The molecule has 1 aromatic carbocycles. The SMILES string of the molecule is CNC(=O)C1C(NC)N=C(N2CCNCC2)N1Cc1ccccc1. The number of likely N-dealkylation sites (N-methyl/N-ethyl adjacent to an activating group) is 2. The monoisotopic (exact) mass is 330 g/mol. The summed E-state index contributed by atoms with van der Waals surface area (Å²) in [7, 11) is 3.53. The van der Waals surface area contributed by atoms with Gasteiger partial charge in [-0.25, -0.2) is 4.99 Å². The first kappa shape index (κ1) is 16.7. The van der Waals surface area contributed by atoms with Crippen molar-refractivity contribution in [3.63, 3.8) is 0 Å². The minimum absolute atomic E-state index is 0.0147. The number of hydrogen-bond acceptors (Lipinski definition) is 6. The molecule has 24 heavy (non-hydrogen) atoms. The van der Waals surface area contributed by atoms with Gasteiger partial charge in [0.25, 0.3) is 0 Å². The summed E-state index contributed by atoms with van der Waals surface area (Å²) in [6, 6.07) is 9.89. The van der Waals surface area contributed by atoms with Crippen LogP contribution in [0.2, 0.25) is 0 Å². The third-order valence-corrected chi connectivity index (χ3v) is 4.55. The highest BCUT2D eigenvalue weighted by Gasteiger charge is 2.42. The fourth-order valence-electron chi connectivity index (χ4n) is 3.30. The van der Waals surface area contributed by atoms with Crippen LogP contribution in [-0.2, 0) is 11.3 Å². The van der Waals surface area contributed by atoms with Crippen LogP contribution in [0.1, 0.15) is 5.56 Å². The average molecular weight is 330 g/mol. The van der Waals surface area contributed by atoms with Crippen molar-refractivity contribution in [2.75, 3.05) is 40.3 Å². The Hall–Kier alpha value is -2.12. The number of nitrogens with one attached hydrogen (secondary N) is 3. The second-order valence-corrected chi connectivity index (χ2v) is 6.07. The second kappa shape index (κ2) is 7.63. The highest BCUT2D eigenvalue weighted by atomic mass is 16.2. The van der Waals surface area contributed by atoms with E-state index >= 15 is 0 Å². The van der Waals surface area contributed by atoms with E-state index in [2.05, 4.69) is 37.9 Å². The summed E-state index contributed by atoms with van der Waals surface area (Å²) < 4.78 is 0. The van der Waals surface area contributed by atoms with Crippen LogP contribution in [0.5, 0.6) is 0 Å². The van der Waals surface area contributed by atoms with Gasteiger partial charge in [-0.15, -0.1) is 0 Å². The van der Waals surface area contributed by atoms with E-state index in [0.717, 1.165) is 32.1 Å². The second-order valence-electron chi connectivity index (χ2n) is 6.07. The fourth-order valence-corrected chi connectivity index (χ4v) is 3.30. The summed E-state index contributed by atoms with van der Waals surface area (Å²) in [5.41, 5.74) is 1.17. The lowest BCUT2D eigenvalue weighted by molar-refractivity contribution is -0.125. The molecule has 2 unspecified atom stereocenters. The van der Waals surface area contributed by atoms with E-state index in [1.54, 1.807) is 7.05 Å². The molecule has 0 spiro atoms. The maximum Gasteiger partial charge on any atom is 0.246 e. The maximum absolute atomic E-state index is 12.5. The molecule has 0 saturated carbocycles. The Bertz CT molecular complexity index is 584. The topological polar surface area (TPSA) is 72.0 Å². The minimum Gasteiger partial charge on any atom is -0.357 e. The number of hydrogen-bond donors (Lipinski definition) is 3. The molecule has 7 nitrogen and oxygen atoms in total. The first-order chi connectivity index (χ1) is 11.7. The summed E-state index contributed by atoms with van der Waals surface area (Å²) in [6.45, 7) is 4.35. The Balaban J connectivity index is 1.89. The molecule has 0 aliphatic carbocycles. The van der Waals surface area contributed by atoms with Gasteiger partial charge in [0.1, 0.15) is 12.2 Å². The van der Waals surface area contributed by atoms with Crippen molar-refractivity contribution in [2.24, 2.45) is 4.99 Å². The van der Waals surface area contributed by atoms with Crippen LogP contribution >= 0.6 is 0 Å². The number of rotatable bonds is 4. The quantitative estimate of drug-likeness (QED) is 0.689. The molecule has 2 aliphatic rings. The molecule has 2 aliphatic heterocycles. The first-order valence-electron chi connectivity index (χ1n) is 8.47. The van der Waals surface area contributed by atoms with Gasteiger partial charge < -0.3 is 20.4 Å². The van der Waals surface area contributed by atoms with Gasteiger partial charge in [-0.3, -0.25) is 10.1 Å². The fraction of sp³-hybridized carbons (Fsp3) is 0.529. The van der Waals surface area contributed by atoms with Crippen LogP contribution in [0, 0.1) is 0 Å². The van der Waals surface area contributed by atoms with Crippen LogP contribution in [-0.4, -0.2) is 74.1 Å². The zero-order valence-corrected chi connectivity index (χ0v) is 14.3. The van der Waals surface area contributed by atoms with Crippen molar-refractivity contribution in [3.8, 4) is 0 Å². The predicted octanol–water partition coefficient (Wildman–Crippen LogP) is -0.576. The van der Waals surface area contributed by atoms with Gasteiger partial charge in [0.2, 0.25) is 5.91 Å². The van der Waals surface area contributed by atoms with Crippen molar-refractivity contribution in [2.45, 2.75) is 18.8 Å². The Morgan fingerprint density at radius 3 is 2.58 bits per heavy atom. The smallest absolute Gasteiger partial charge is 0.246 e. The summed E-state index contributed by atoms with van der Waals surface area (Å²) in [5.74, 6) is 0.896. The lowest BCUT2D eigenvalue weighted by Crippen LogP contribution is -2.56. The van der Waals surface area contributed by atoms with E-state index in [0.29, 0.717) is 6.54 Å². The molecule has 1 saturated heterocycles. The van der Waals surface area contributed by atoms with Crippen molar-refractivity contribution >= 4 is 11.9 Å². The number of piperazine rings is 1. The van der Waals surface area contributed by atoms with Gasteiger partial charge in [-0.05, 0) is 12.6 Å². The zero-order chi connectivity index (χ0) is 16.9. The first-order valence-corrected chi connectivity index (χ1v) is 8.47. The van der Waals surface area contributed by atoms with E-state index < -0.39 is 0 Å². The van der Waals surface area contributed by atoms with Gasteiger partial charge in [-0.1, -0.05) is 30.3 Å². The molecule has 0 aromatic heterocycles. The number of guanidine groups is 1. The standard InChI is InChI=1S/C17H26N6O/c1-18-15-14(16(24)19-2)23(12-13-6-4-3-5-7-13)17(21-15)22-10-8-20-9-11-22/h3-7,14-15,18,20H,8-12H2,1-2H3,(H,19,24). The lowest BCUT2D eigenvalue weighted by atomic mass is 10.1. The van der Waals surface area contributed by atoms with E-state index in [9.17, 15) is 4.79 Å². The Morgan fingerprint density at radius 2 is 1.96 bits per heavy atom. The minimum atomic E-state index is -0.343. The molecule has 2 atom stereocenters. The van der Waals surface area contributed by atoms with Crippen molar-refractivity contribution in [3.05, 3.63) is 35.9 Å². The van der Waals surface area contributed by atoms with Gasteiger partial charge in [0.05, 0.1) is 0 Å². The normalized spacial score (nSPS) is 24.0. The molecule has 1 aromatic rings. The Labute approximate surface area is 143 Å². The van der Waals surface area contributed by atoms with Crippen molar-refractivity contribution in [1.82, 2.24) is 25.8 Å². The van der Waals surface area contributed by atoms with E-state index in [1.807, 2.05) is 25.2 Å². The largest absolute Gasteiger partial charge is 0.357 e. The third kappa shape index (κ3) is 3.37. The molecule has 3 N–H and O–H groups in total. The molecule has 1 fully saturated rings. The molecule has 0 radical (unpaired) electrons. The number of benzene rings is 1. The number of aliphatic imine (C=N–C) groups is 1. The molecule has 7 heteroatoms. The average Bonchev–Trinajstić information content (AvgIpc) is 3.01. The summed E-state index contributed by atoms with van der Waals surface area (Å²) in [5, 5.41) is 9.33. The van der Waals surface area contributed by atoms with Crippen molar-refractivity contribution < 1.29 is 4.79 Å². The van der Waals surface area contributed by atoms with Crippen LogP contribution in [0.15, 0.2) is 35.3 Å². The lowest BCUT2D eigenvalue weighted by Gasteiger charge is -2.36. The Kier molecular flexibility index (Phi) is 5.32. The van der Waals surface area contributed by atoms with Gasteiger partial charge in [-0.2, -0.15) is 0 Å². The molecular formula is C17H26N6O. The highest BCUT2D eigenvalue weighted by Crippen LogP contribution is 2.22.